The fraction of sp³-hybridized carbons (Fsp3) is 0.300. The van der Waals surface area contributed by atoms with Gasteiger partial charge >= 0.3 is 0 Å². The number of nitrogens with zero attached hydrogens (tertiary/aromatic N) is 5. The lowest BCUT2D eigenvalue weighted by molar-refractivity contribution is -0.133. The third-order valence-corrected chi connectivity index (χ3v) is 5.48. The van der Waals surface area contributed by atoms with Crippen molar-refractivity contribution in [1.82, 2.24) is 20.1 Å². The molecule has 2 aliphatic rings. The maximum atomic E-state index is 13.0. The van der Waals surface area contributed by atoms with Crippen LogP contribution in [-0.4, -0.2) is 51.1 Å². The number of rotatable bonds is 3. The first-order valence-electron chi connectivity index (χ1n) is 9.37. The van der Waals surface area contributed by atoms with Gasteiger partial charge in [0.25, 0.3) is 5.91 Å². The second-order valence-electron chi connectivity index (χ2n) is 7.14. The van der Waals surface area contributed by atoms with Crippen molar-refractivity contribution in [1.29, 1.82) is 5.26 Å². The standard InChI is InChI=1S/C20H18N6O3/c21-12-25-17-8-13(9-23-18(17)29-20(19(25)28)4-5-22-11-20)14-2-1-3-16-15(14)10-24-26(16)6-7-27/h1-3,8-10,22,27H,4-7,11H2/t20-/m0/s1. The average Bonchev–Trinajstić information content (AvgIpc) is 3.37. The molecule has 0 aliphatic carbocycles. The van der Waals surface area contributed by atoms with Gasteiger partial charge in [-0.05, 0) is 24.2 Å². The van der Waals surface area contributed by atoms with Gasteiger partial charge in [0.1, 0.15) is 5.69 Å². The lowest BCUT2D eigenvalue weighted by atomic mass is 9.98. The van der Waals surface area contributed by atoms with E-state index in [9.17, 15) is 15.2 Å². The predicted octanol–water partition coefficient (Wildman–Crippen LogP) is 1.03. The van der Waals surface area contributed by atoms with Gasteiger partial charge in [0.05, 0.1) is 24.9 Å². The molecule has 0 unspecified atom stereocenters. The lowest BCUT2D eigenvalue weighted by Gasteiger charge is -2.36. The Balaban J connectivity index is 1.62. The van der Waals surface area contributed by atoms with Crippen molar-refractivity contribution in [3.05, 3.63) is 36.7 Å². The molecule has 4 heterocycles. The topological polar surface area (TPSA) is 116 Å². The van der Waals surface area contributed by atoms with Crippen LogP contribution >= 0.6 is 0 Å². The monoisotopic (exact) mass is 390 g/mol. The van der Waals surface area contributed by atoms with Gasteiger partial charge in [0, 0.05) is 30.1 Å². The number of nitriles is 1. The highest BCUT2D eigenvalue weighted by atomic mass is 16.5. The highest BCUT2D eigenvalue weighted by Crippen LogP contribution is 2.41. The third kappa shape index (κ3) is 2.57. The van der Waals surface area contributed by atoms with Gasteiger partial charge in [0.15, 0.2) is 6.19 Å². The molecule has 29 heavy (non-hydrogen) atoms. The van der Waals surface area contributed by atoms with E-state index >= 15 is 0 Å². The number of aliphatic hydroxyl groups excluding tert-OH is 1. The molecule has 1 amide bonds. The summed E-state index contributed by atoms with van der Waals surface area (Å²) < 4.78 is 7.71. The normalized spacial score (nSPS) is 20.7. The number of amides is 1. The Bertz CT molecular complexity index is 1160. The third-order valence-electron chi connectivity index (χ3n) is 5.48. The van der Waals surface area contributed by atoms with Crippen LogP contribution in [0, 0.1) is 11.5 Å². The number of benzene rings is 1. The molecule has 0 radical (unpaired) electrons. The van der Waals surface area contributed by atoms with Crippen molar-refractivity contribution < 1.29 is 14.6 Å². The molecule has 9 heteroatoms. The van der Waals surface area contributed by atoms with Gasteiger partial charge in [-0.2, -0.15) is 10.4 Å². The van der Waals surface area contributed by atoms with E-state index in [1.165, 1.54) is 0 Å². The Morgan fingerprint density at radius 1 is 1.38 bits per heavy atom. The summed E-state index contributed by atoms with van der Waals surface area (Å²) in [5, 5.41) is 27.2. The first kappa shape index (κ1) is 17.6. The zero-order valence-electron chi connectivity index (χ0n) is 15.5. The number of fused-ring (bicyclic) bond motifs is 2. The lowest BCUT2D eigenvalue weighted by Crippen LogP contribution is -2.56. The molecule has 146 valence electrons. The Morgan fingerprint density at radius 3 is 3.03 bits per heavy atom. The maximum absolute atomic E-state index is 13.0. The number of carbonyl (C=O) groups excluding carboxylic acids is 1. The van der Waals surface area contributed by atoms with E-state index in [1.807, 2.05) is 24.4 Å². The van der Waals surface area contributed by atoms with Gasteiger partial charge in [-0.15, -0.1) is 0 Å². The van der Waals surface area contributed by atoms with Crippen LogP contribution < -0.4 is 15.0 Å². The summed E-state index contributed by atoms with van der Waals surface area (Å²) in [6.45, 7) is 1.40. The van der Waals surface area contributed by atoms with Crippen LogP contribution in [0.15, 0.2) is 36.7 Å². The average molecular weight is 390 g/mol. The van der Waals surface area contributed by atoms with E-state index in [4.69, 9.17) is 4.74 Å². The van der Waals surface area contributed by atoms with Crippen LogP contribution in [0.1, 0.15) is 6.42 Å². The summed E-state index contributed by atoms with van der Waals surface area (Å²) in [5.41, 5.74) is 1.77. The summed E-state index contributed by atoms with van der Waals surface area (Å²) in [6.07, 6.45) is 5.90. The summed E-state index contributed by atoms with van der Waals surface area (Å²) in [6, 6.07) is 7.51. The van der Waals surface area contributed by atoms with Crippen LogP contribution in [-0.2, 0) is 11.3 Å². The van der Waals surface area contributed by atoms with Crippen LogP contribution in [0.5, 0.6) is 5.88 Å². The second-order valence-corrected chi connectivity index (χ2v) is 7.14. The van der Waals surface area contributed by atoms with Crippen LogP contribution in [0.2, 0.25) is 0 Å². The number of ether oxygens (including phenoxy) is 1. The van der Waals surface area contributed by atoms with E-state index in [0.717, 1.165) is 26.9 Å². The molecule has 2 aliphatic heterocycles. The Kier molecular flexibility index (Phi) is 3.97. The highest BCUT2D eigenvalue weighted by molar-refractivity contribution is 6.06. The molecule has 3 aromatic rings. The molecule has 1 fully saturated rings. The van der Waals surface area contributed by atoms with Gasteiger partial charge in [0.2, 0.25) is 11.5 Å². The number of nitrogens with one attached hydrogen (secondary N) is 1. The van der Waals surface area contributed by atoms with E-state index in [1.54, 1.807) is 23.1 Å². The van der Waals surface area contributed by atoms with Crippen molar-refractivity contribution in [2.24, 2.45) is 0 Å². The van der Waals surface area contributed by atoms with Crippen molar-refractivity contribution in [3.63, 3.8) is 0 Å². The largest absolute Gasteiger partial charge is 0.458 e. The van der Waals surface area contributed by atoms with E-state index in [2.05, 4.69) is 15.4 Å². The highest BCUT2D eigenvalue weighted by Gasteiger charge is 2.51. The Hall–Kier alpha value is -3.48. The molecule has 1 aromatic carbocycles. The molecule has 1 spiro atoms. The van der Waals surface area contributed by atoms with Gasteiger partial charge < -0.3 is 15.2 Å². The van der Waals surface area contributed by atoms with Gasteiger partial charge in [-0.3, -0.25) is 9.48 Å². The fourth-order valence-corrected chi connectivity index (χ4v) is 4.03. The zero-order valence-corrected chi connectivity index (χ0v) is 15.5. The SMILES string of the molecule is N#CN1C(=O)[C@@]2(CCNC2)Oc2ncc(-c3cccc4c3cnn4CCO)cc21. The van der Waals surface area contributed by atoms with E-state index in [-0.39, 0.29) is 18.4 Å². The first-order chi connectivity index (χ1) is 14.2. The fourth-order valence-electron chi connectivity index (χ4n) is 4.03. The smallest absolute Gasteiger partial charge is 0.286 e. The minimum absolute atomic E-state index is 0.00536. The summed E-state index contributed by atoms with van der Waals surface area (Å²) in [5.74, 6) is -0.0906. The Morgan fingerprint density at radius 2 is 2.28 bits per heavy atom. The molecule has 0 saturated carbocycles. The van der Waals surface area contributed by atoms with Crippen molar-refractivity contribution >= 4 is 22.5 Å². The predicted molar refractivity (Wildman–Crippen MR) is 104 cm³/mol. The molecule has 2 aromatic heterocycles. The summed E-state index contributed by atoms with van der Waals surface area (Å²) >= 11 is 0. The molecular weight excluding hydrogens is 372 g/mol. The molecule has 5 rings (SSSR count). The van der Waals surface area contributed by atoms with Crippen LogP contribution in [0.3, 0.4) is 0 Å². The molecular formula is C20H18N6O3. The van der Waals surface area contributed by atoms with Crippen molar-refractivity contribution in [3.8, 4) is 23.2 Å². The van der Waals surface area contributed by atoms with E-state index in [0.29, 0.717) is 31.7 Å². The summed E-state index contributed by atoms with van der Waals surface area (Å²) in [4.78, 5) is 18.5. The molecule has 0 bridgehead atoms. The number of hydrogen-bond acceptors (Lipinski definition) is 7. The number of aliphatic hydroxyl groups is 1. The zero-order chi connectivity index (χ0) is 20.0. The second kappa shape index (κ2) is 6.55. The Labute approximate surface area is 166 Å². The quantitative estimate of drug-likeness (QED) is 0.642. The molecule has 9 nitrogen and oxygen atoms in total. The maximum Gasteiger partial charge on any atom is 0.286 e. The van der Waals surface area contributed by atoms with Crippen LogP contribution in [0.25, 0.3) is 22.0 Å². The number of anilines is 1. The molecule has 1 saturated heterocycles. The number of pyridine rings is 1. The first-order valence-corrected chi connectivity index (χ1v) is 9.37. The minimum atomic E-state index is -1.07. The number of hydrogen-bond donors (Lipinski definition) is 2. The van der Waals surface area contributed by atoms with Gasteiger partial charge in [-0.1, -0.05) is 12.1 Å². The van der Waals surface area contributed by atoms with Crippen molar-refractivity contribution in [2.45, 2.75) is 18.6 Å². The molecule has 2 N–H and O–H groups in total. The minimum Gasteiger partial charge on any atom is -0.458 e. The number of carbonyl (C=O) groups is 1. The number of aromatic nitrogens is 3. The van der Waals surface area contributed by atoms with Crippen LogP contribution in [0.4, 0.5) is 5.69 Å². The molecule has 1 atom stereocenters. The van der Waals surface area contributed by atoms with Gasteiger partial charge in [-0.25, -0.2) is 9.88 Å². The summed E-state index contributed by atoms with van der Waals surface area (Å²) in [7, 11) is 0. The van der Waals surface area contributed by atoms with Crippen molar-refractivity contribution in [2.75, 3.05) is 24.6 Å². The van der Waals surface area contributed by atoms with E-state index < -0.39 is 5.60 Å².